The van der Waals surface area contributed by atoms with Gasteiger partial charge in [-0.15, -0.1) is 0 Å². The molecule has 1 saturated heterocycles. The molecular weight excluding hydrogens is 134 g/mol. The van der Waals surface area contributed by atoms with Crippen LogP contribution >= 0.6 is 0 Å². The largest absolute Gasteiger partial charge is 0.299 e. The van der Waals surface area contributed by atoms with Crippen molar-refractivity contribution in [1.82, 2.24) is 4.90 Å². The third-order valence-electron chi connectivity index (χ3n) is 2.47. The molecule has 0 bridgehead atoms. The van der Waals surface area contributed by atoms with Gasteiger partial charge in [0.2, 0.25) is 0 Å². The molecule has 58 valence electrons. The van der Waals surface area contributed by atoms with Crippen LogP contribution in [0.4, 0.5) is 0 Å². The fourth-order valence-corrected chi connectivity index (χ4v) is 1.61. The smallest absolute Gasteiger partial charge is 0.0357 e. The lowest BCUT2D eigenvalue weighted by Crippen LogP contribution is -2.37. The fourth-order valence-electron chi connectivity index (χ4n) is 1.61. The first-order valence-electron chi connectivity index (χ1n) is 4.13. The molecule has 11 heavy (non-hydrogen) atoms. The van der Waals surface area contributed by atoms with Gasteiger partial charge >= 0.3 is 0 Å². The zero-order chi connectivity index (χ0) is 7.68. The standard InChI is InChI=1S/C10H13N/c1-11-8-7-10(11)9-5-3-2-4-6-9/h2-6,10H,7-8H2,1H3/t10-/m0/s1. The summed E-state index contributed by atoms with van der Waals surface area (Å²) in [6, 6.07) is 11.4. The van der Waals surface area contributed by atoms with Crippen LogP contribution < -0.4 is 0 Å². The minimum Gasteiger partial charge on any atom is -0.299 e. The number of benzene rings is 1. The molecule has 0 radical (unpaired) electrons. The second kappa shape index (κ2) is 2.67. The maximum atomic E-state index is 2.38. The minimum atomic E-state index is 0.691. The Morgan fingerprint density at radius 1 is 1.27 bits per heavy atom. The van der Waals surface area contributed by atoms with Gasteiger partial charge in [-0.2, -0.15) is 0 Å². The first kappa shape index (κ1) is 6.86. The SMILES string of the molecule is CN1CC[C@H]1c1ccccc1. The van der Waals surface area contributed by atoms with Crippen molar-refractivity contribution in [3.63, 3.8) is 0 Å². The van der Waals surface area contributed by atoms with Crippen LogP contribution in [-0.4, -0.2) is 18.5 Å². The number of hydrogen-bond acceptors (Lipinski definition) is 1. The van der Waals surface area contributed by atoms with Crippen molar-refractivity contribution in [2.75, 3.05) is 13.6 Å². The van der Waals surface area contributed by atoms with Crippen molar-refractivity contribution < 1.29 is 0 Å². The van der Waals surface area contributed by atoms with Gasteiger partial charge in [0.05, 0.1) is 0 Å². The van der Waals surface area contributed by atoms with Crippen LogP contribution in [-0.2, 0) is 0 Å². The molecule has 0 spiro atoms. The zero-order valence-corrected chi connectivity index (χ0v) is 6.83. The maximum Gasteiger partial charge on any atom is 0.0357 e. The normalized spacial score (nSPS) is 24.6. The van der Waals surface area contributed by atoms with Gasteiger partial charge in [-0.1, -0.05) is 30.3 Å². The number of nitrogens with zero attached hydrogens (tertiary/aromatic N) is 1. The van der Waals surface area contributed by atoms with Gasteiger partial charge in [0.15, 0.2) is 0 Å². The van der Waals surface area contributed by atoms with E-state index in [1.165, 1.54) is 18.5 Å². The third-order valence-corrected chi connectivity index (χ3v) is 2.47. The van der Waals surface area contributed by atoms with Gasteiger partial charge < -0.3 is 0 Å². The Balaban J connectivity index is 2.17. The summed E-state index contributed by atoms with van der Waals surface area (Å²) in [4.78, 5) is 2.38. The topological polar surface area (TPSA) is 3.24 Å². The van der Waals surface area contributed by atoms with Crippen molar-refractivity contribution in [1.29, 1.82) is 0 Å². The molecule has 0 aromatic heterocycles. The Labute approximate surface area is 67.6 Å². The van der Waals surface area contributed by atoms with E-state index in [-0.39, 0.29) is 0 Å². The van der Waals surface area contributed by atoms with Gasteiger partial charge in [-0.3, -0.25) is 4.90 Å². The third kappa shape index (κ3) is 1.16. The first-order valence-corrected chi connectivity index (χ1v) is 4.13. The average molecular weight is 147 g/mol. The van der Waals surface area contributed by atoms with E-state index < -0.39 is 0 Å². The molecule has 1 aromatic carbocycles. The molecule has 1 aromatic rings. The molecule has 0 saturated carbocycles. The van der Waals surface area contributed by atoms with Crippen molar-refractivity contribution in [3.8, 4) is 0 Å². The maximum absolute atomic E-state index is 2.38. The van der Waals surface area contributed by atoms with Crippen molar-refractivity contribution in [2.45, 2.75) is 12.5 Å². The quantitative estimate of drug-likeness (QED) is 0.587. The van der Waals surface area contributed by atoms with Crippen molar-refractivity contribution >= 4 is 0 Å². The summed E-state index contributed by atoms with van der Waals surface area (Å²) in [5.41, 5.74) is 1.46. The van der Waals surface area contributed by atoms with Gasteiger partial charge in [0.1, 0.15) is 0 Å². The highest BCUT2D eigenvalue weighted by Gasteiger charge is 2.24. The average Bonchev–Trinajstić information content (AvgIpc) is 2.04. The molecule has 1 atom stereocenters. The summed E-state index contributed by atoms with van der Waals surface area (Å²) >= 11 is 0. The van der Waals surface area contributed by atoms with Crippen LogP contribution in [0.3, 0.4) is 0 Å². The fraction of sp³-hybridized carbons (Fsp3) is 0.400. The molecule has 0 aliphatic carbocycles. The van der Waals surface area contributed by atoms with Crippen LogP contribution in [0.2, 0.25) is 0 Å². The molecule has 0 unspecified atom stereocenters. The molecule has 1 fully saturated rings. The minimum absolute atomic E-state index is 0.691. The van der Waals surface area contributed by atoms with Gasteiger partial charge in [-0.25, -0.2) is 0 Å². The predicted octanol–water partition coefficient (Wildman–Crippen LogP) is 2.06. The van der Waals surface area contributed by atoms with Crippen LogP contribution in [0.1, 0.15) is 18.0 Å². The molecule has 1 nitrogen and oxygen atoms in total. The number of likely N-dealkylation sites (tertiary alicyclic amines) is 1. The Hall–Kier alpha value is -0.820. The summed E-state index contributed by atoms with van der Waals surface area (Å²) in [6.45, 7) is 1.25. The molecule has 2 rings (SSSR count). The monoisotopic (exact) mass is 147 g/mol. The first-order chi connectivity index (χ1) is 5.38. The van der Waals surface area contributed by atoms with Crippen molar-refractivity contribution in [3.05, 3.63) is 35.9 Å². The zero-order valence-electron chi connectivity index (χ0n) is 6.83. The highest BCUT2D eigenvalue weighted by Crippen LogP contribution is 2.30. The number of rotatable bonds is 1. The van der Waals surface area contributed by atoms with Crippen LogP contribution in [0.5, 0.6) is 0 Å². The molecular formula is C10H13N. The van der Waals surface area contributed by atoms with E-state index >= 15 is 0 Å². The molecule has 0 N–H and O–H groups in total. The Morgan fingerprint density at radius 2 is 2.00 bits per heavy atom. The Bertz CT molecular complexity index is 230. The second-order valence-electron chi connectivity index (χ2n) is 3.20. The molecule has 1 heterocycles. The summed E-state index contributed by atoms with van der Waals surface area (Å²) < 4.78 is 0. The van der Waals surface area contributed by atoms with E-state index in [0.29, 0.717) is 6.04 Å². The lowest BCUT2D eigenvalue weighted by molar-refractivity contribution is 0.128. The van der Waals surface area contributed by atoms with E-state index in [4.69, 9.17) is 0 Å². The van der Waals surface area contributed by atoms with E-state index in [9.17, 15) is 0 Å². The molecule has 1 aliphatic heterocycles. The summed E-state index contributed by atoms with van der Waals surface area (Å²) in [5.74, 6) is 0. The van der Waals surface area contributed by atoms with Crippen molar-refractivity contribution in [2.24, 2.45) is 0 Å². The Kier molecular flexibility index (Phi) is 1.66. The summed E-state index contributed by atoms with van der Waals surface area (Å²) in [7, 11) is 2.18. The van der Waals surface area contributed by atoms with E-state index in [1.807, 2.05) is 0 Å². The lowest BCUT2D eigenvalue weighted by Gasteiger charge is -2.38. The van der Waals surface area contributed by atoms with E-state index in [1.54, 1.807) is 0 Å². The highest BCUT2D eigenvalue weighted by molar-refractivity contribution is 5.20. The van der Waals surface area contributed by atoms with E-state index in [0.717, 1.165) is 0 Å². The van der Waals surface area contributed by atoms with Crippen LogP contribution in [0.25, 0.3) is 0 Å². The number of hydrogen-bond donors (Lipinski definition) is 0. The lowest BCUT2D eigenvalue weighted by atomic mass is 9.96. The van der Waals surface area contributed by atoms with Gasteiger partial charge in [0, 0.05) is 12.6 Å². The highest BCUT2D eigenvalue weighted by atomic mass is 15.2. The van der Waals surface area contributed by atoms with Crippen LogP contribution in [0, 0.1) is 0 Å². The molecule has 1 heteroatoms. The van der Waals surface area contributed by atoms with Gasteiger partial charge in [0.25, 0.3) is 0 Å². The molecule has 1 aliphatic rings. The van der Waals surface area contributed by atoms with Gasteiger partial charge in [-0.05, 0) is 19.0 Å². The summed E-state index contributed by atoms with van der Waals surface area (Å²) in [6.07, 6.45) is 1.32. The van der Waals surface area contributed by atoms with E-state index in [2.05, 4.69) is 42.3 Å². The second-order valence-corrected chi connectivity index (χ2v) is 3.20. The predicted molar refractivity (Wildman–Crippen MR) is 46.4 cm³/mol. The molecule has 0 amide bonds. The van der Waals surface area contributed by atoms with Crippen LogP contribution in [0.15, 0.2) is 30.3 Å². The Morgan fingerprint density at radius 3 is 2.45 bits per heavy atom. The summed E-state index contributed by atoms with van der Waals surface area (Å²) in [5, 5.41) is 0.